The van der Waals surface area contributed by atoms with E-state index >= 15 is 0 Å². The first-order valence-electron chi connectivity index (χ1n) is 8.42. The van der Waals surface area contributed by atoms with Crippen LogP contribution in [-0.2, 0) is 9.53 Å². The van der Waals surface area contributed by atoms with Crippen LogP contribution in [0.5, 0.6) is 0 Å². The molecule has 0 fully saturated rings. The summed E-state index contributed by atoms with van der Waals surface area (Å²) in [5, 5.41) is 2.80. The smallest absolute Gasteiger partial charge is 0.307 e. The summed E-state index contributed by atoms with van der Waals surface area (Å²) in [5.74, 6) is 0.253. The fraction of sp³-hybridized carbons (Fsp3) is 0.250. The highest BCUT2D eigenvalue weighted by Crippen LogP contribution is 2.22. The Morgan fingerprint density at radius 2 is 1.92 bits per heavy atom. The number of hydrogen-bond donors (Lipinski definition) is 1. The van der Waals surface area contributed by atoms with Gasteiger partial charge in [0.25, 0.3) is 5.91 Å². The SMILES string of the molecule is COC(=O)CC(C)NC(=O)c1ccc2c(c1)nc(C)n2-c1ccccc1. The molecule has 0 aliphatic heterocycles. The zero-order chi connectivity index (χ0) is 18.7. The van der Waals surface area contributed by atoms with Gasteiger partial charge in [-0.1, -0.05) is 18.2 Å². The van der Waals surface area contributed by atoms with Crippen LogP contribution in [0.1, 0.15) is 29.5 Å². The number of methoxy groups -OCH3 is 1. The summed E-state index contributed by atoms with van der Waals surface area (Å²) in [6, 6.07) is 15.1. The summed E-state index contributed by atoms with van der Waals surface area (Å²) in [6.07, 6.45) is 0.131. The maximum absolute atomic E-state index is 12.4. The van der Waals surface area contributed by atoms with Crippen LogP contribution in [0.3, 0.4) is 0 Å². The van der Waals surface area contributed by atoms with Gasteiger partial charge in [0.1, 0.15) is 5.82 Å². The van der Waals surface area contributed by atoms with Crippen molar-refractivity contribution in [2.75, 3.05) is 7.11 Å². The van der Waals surface area contributed by atoms with Crippen LogP contribution >= 0.6 is 0 Å². The molecule has 0 saturated carbocycles. The van der Waals surface area contributed by atoms with Crippen molar-refractivity contribution >= 4 is 22.9 Å². The van der Waals surface area contributed by atoms with Gasteiger partial charge in [0.2, 0.25) is 0 Å². The Kier molecular flexibility index (Phi) is 5.02. The van der Waals surface area contributed by atoms with Gasteiger partial charge in [0.15, 0.2) is 0 Å². The maximum Gasteiger partial charge on any atom is 0.307 e. The number of nitrogens with one attached hydrogen (secondary N) is 1. The normalized spacial score (nSPS) is 12.0. The molecular weight excluding hydrogens is 330 g/mol. The average Bonchev–Trinajstić information content (AvgIpc) is 2.96. The summed E-state index contributed by atoms with van der Waals surface area (Å²) in [6.45, 7) is 3.70. The number of imidazole rings is 1. The zero-order valence-corrected chi connectivity index (χ0v) is 15.0. The fourth-order valence-electron chi connectivity index (χ4n) is 2.94. The van der Waals surface area contributed by atoms with Gasteiger partial charge in [-0.15, -0.1) is 0 Å². The van der Waals surface area contributed by atoms with E-state index in [1.807, 2.05) is 43.3 Å². The number of carbonyl (C=O) groups is 2. The van der Waals surface area contributed by atoms with Gasteiger partial charge >= 0.3 is 5.97 Å². The van der Waals surface area contributed by atoms with Crippen LogP contribution in [-0.4, -0.2) is 34.6 Å². The highest BCUT2D eigenvalue weighted by molar-refractivity contribution is 5.98. The minimum atomic E-state index is -0.356. The van der Waals surface area contributed by atoms with Crippen LogP contribution in [0, 0.1) is 6.92 Å². The fourth-order valence-corrected chi connectivity index (χ4v) is 2.94. The molecule has 2 aromatic carbocycles. The summed E-state index contributed by atoms with van der Waals surface area (Å²) >= 11 is 0. The van der Waals surface area contributed by atoms with Crippen LogP contribution in [0.25, 0.3) is 16.7 Å². The molecule has 1 heterocycles. The van der Waals surface area contributed by atoms with Gasteiger partial charge in [0, 0.05) is 17.3 Å². The van der Waals surface area contributed by atoms with Crippen molar-refractivity contribution in [3.8, 4) is 5.69 Å². The molecule has 1 amide bonds. The molecular formula is C20H21N3O3. The highest BCUT2D eigenvalue weighted by Gasteiger charge is 2.16. The van der Waals surface area contributed by atoms with E-state index in [2.05, 4.69) is 19.6 Å². The molecule has 1 unspecified atom stereocenters. The Bertz CT molecular complexity index is 948. The number of ether oxygens (including phenoxy) is 1. The van der Waals surface area contributed by atoms with Gasteiger partial charge in [-0.2, -0.15) is 0 Å². The lowest BCUT2D eigenvalue weighted by Gasteiger charge is -2.12. The number of nitrogens with zero attached hydrogens (tertiary/aromatic N) is 2. The molecule has 0 aliphatic carbocycles. The van der Waals surface area contributed by atoms with E-state index < -0.39 is 0 Å². The number of hydrogen-bond acceptors (Lipinski definition) is 4. The molecule has 0 spiro atoms. The standard InChI is InChI=1S/C20H21N3O3/c1-13(11-19(24)26-3)21-20(25)15-9-10-18-17(12-15)22-14(2)23(18)16-7-5-4-6-8-16/h4-10,12-13H,11H2,1-3H3,(H,21,25). The van der Waals surface area contributed by atoms with E-state index in [1.165, 1.54) is 7.11 Å². The van der Waals surface area contributed by atoms with Crippen molar-refractivity contribution in [2.45, 2.75) is 26.3 Å². The number of carbonyl (C=O) groups excluding carboxylic acids is 2. The number of para-hydroxylation sites is 1. The van der Waals surface area contributed by atoms with Crippen LogP contribution < -0.4 is 5.32 Å². The maximum atomic E-state index is 12.4. The summed E-state index contributed by atoms with van der Waals surface area (Å²) in [4.78, 5) is 28.3. The number of esters is 1. The second kappa shape index (κ2) is 7.39. The third-order valence-electron chi connectivity index (χ3n) is 4.18. The quantitative estimate of drug-likeness (QED) is 0.717. The Hall–Kier alpha value is -3.15. The van der Waals surface area contributed by atoms with Crippen molar-refractivity contribution in [1.29, 1.82) is 0 Å². The average molecular weight is 351 g/mol. The molecule has 3 aromatic rings. The third-order valence-corrected chi connectivity index (χ3v) is 4.18. The van der Waals surface area contributed by atoms with Gasteiger partial charge in [-0.05, 0) is 44.2 Å². The first-order valence-corrected chi connectivity index (χ1v) is 8.42. The molecule has 134 valence electrons. The Labute approximate surface area is 151 Å². The van der Waals surface area contributed by atoms with E-state index in [0.29, 0.717) is 5.56 Å². The lowest BCUT2D eigenvalue weighted by atomic mass is 10.1. The number of amides is 1. The Morgan fingerprint density at radius 3 is 2.62 bits per heavy atom. The Morgan fingerprint density at radius 1 is 1.19 bits per heavy atom. The van der Waals surface area contributed by atoms with Gasteiger partial charge in [0.05, 0.1) is 24.6 Å². The van der Waals surface area contributed by atoms with Crippen molar-refractivity contribution in [3.05, 3.63) is 59.9 Å². The van der Waals surface area contributed by atoms with E-state index in [-0.39, 0.29) is 24.3 Å². The predicted molar refractivity (Wildman–Crippen MR) is 99.4 cm³/mol. The van der Waals surface area contributed by atoms with E-state index in [0.717, 1.165) is 22.5 Å². The summed E-state index contributed by atoms with van der Waals surface area (Å²) in [7, 11) is 1.33. The van der Waals surface area contributed by atoms with Crippen molar-refractivity contribution < 1.29 is 14.3 Å². The Balaban J connectivity index is 1.86. The second-order valence-corrected chi connectivity index (χ2v) is 6.19. The number of benzene rings is 2. The van der Waals surface area contributed by atoms with Crippen molar-refractivity contribution in [2.24, 2.45) is 0 Å². The minimum absolute atomic E-state index is 0.131. The number of aryl methyl sites for hydroxylation is 1. The monoisotopic (exact) mass is 351 g/mol. The molecule has 0 bridgehead atoms. The van der Waals surface area contributed by atoms with Crippen LogP contribution in [0.15, 0.2) is 48.5 Å². The van der Waals surface area contributed by atoms with Crippen molar-refractivity contribution in [3.63, 3.8) is 0 Å². The van der Waals surface area contributed by atoms with Crippen LogP contribution in [0.4, 0.5) is 0 Å². The first kappa shape index (κ1) is 17.7. The second-order valence-electron chi connectivity index (χ2n) is 6.19. The molecule has 6 heteroatoms. The molecule has 6 nitrogen and oxygen atoms in total. The zero-order valence-electron chi connectivity index (χ0n) is 15.0. The number of rotatable bonds is 5. The van der Waals surface area contributed by atoms with Gasteiger partial charge < -0.3 is 10.1 Å². The van der Waals surface area contributed by atoms with E-state index in [9.17, 15) is 9.59 Å². The molecule has 1 aromatic heterocycles. The topological polar surface area (TPSA) is 73.2 Å². The molecule has 3 rings (SSSR count). The molecule has 0 saturated heterocycles. The van der Waals surface area contributed by atoms with E-state index in [1.54, 1.807) is 19.1 Å². The van der Waals surface area contributed by atoms with Crippen molar-refractivity contribution in [1.82, 2.24) is 14.9 Å². The van der Waals surface area contributed by atoms with Crippen LogP contribution in [0.2, 0.25) is 0 Å². The number of fused-ring (bicyclic) bond motifs is 1. The molecule has 1 N–H and O–H groups in total. The van der Waals surface area contributed by atoms with E-state index in [4.69, 9.17) is 0 Å². The largest absolute Gasteiger partial charge is 0.469 e. The molecule has 26 heavy (non-hydrogen) atoms. The van der Waals surface area contributed by atoms with Gasteiger partial charge in [-0.25, -0.2) is 4.98 Å². The molecule has 0 radical (unpaired) electrons. The number of aromatic nitrogens is 2. The lowest BCUT2D eigenvalue weighted by Crippen LogP contribution is -2.34. The molecule has 1 atom stereocenters. The van der Waals surface area contributed by atoms with Gasteiger partial charge in [-0.3, -0.25) is 14.2 Å². The first-order chi connectivity index (χ1) is 12.5. The predicted octanol–water partition coefficient (Wildman–Crippen LogP) is 3.02. The minimum Gasteiger partial charge on any atom is -0.469 e. The highest BCUT2D eigenvalue weighted by atomic mass is 16.5. The summed E-state index contributed by atoms with van der Waals surface area (Å²) in [5.41, 5.74) is 3.22. The summed E-state index contributed by atoms with van der Waals surface area (Å²) < 4.78 is 6.67. The lowest BCUT2D eigenvalue weighted by molar-refractivity contribution is -0.141. The molecule has 0 aliphatic rings. The third kappa shape index (κ3) is 3.59.